The lowest BCUT2D eigenvalue weighted by molar-refractivity contribution is -0.154. The zero-order chi connectivity index (χ0) is 24.6. The number of halogens is 2. The second kappa shape index (κ2) is 8.04. The molecular weight excluding hydrogens is 487 g/mol. The lowest BCUT2D eigenvalue weighted by atomic mass is 9.63. The number of ketones is 1. The maximum atomic E-state index is 13.7. The van der Waals surface area contributed by atoms with Crippen LogP contribution >= 0.6 is 23.2 Å². The molecule has 1 aliphatic heterocycles. The molecule has 8 heteroatoms. The maximum Gasteiger partial charge on any atom is 0.273 e. The van der Waals surface area contributed by atoms with Crippen molar-refractivity contribution < 1.29 is 19.2 Å². The highest BCUT2D eigenvalue weighted by Gasteiger charge is 2.68. The van der Waals surface area contributed by atoms with Crippen LogP contribution in [0.1, 0.15) is 32.7 Å². The van der Waals surface area contributed by atoms with Crippen LogP contribution in [0.25, 0.3) is 0 Å². The van der Waals surface area contributed by atoms with Crippen LogP contribution < -0.4 is 0 Å². The molecule has 5 aliphatic rings. The summed E-state index contributed by atoms with van der Waals surface area (Å²) in [6, 6.07) is 11.3. The quantitative estimate of drug-likeness (QED) is 0.336. The minimum Gasteiger partial charge on any atom is -0.292 e. The molecule has 35 heavy (non-hydrogen) atoms. The molecule has 2 bridgehead atoms. The van der Waals surface area contributed by atoms with E-state index in [4.69, 9.17) is 23.2 Å². The van der Waals surface area contributed by atoms with Crippen molar-refractivity contribution in [3.05, 3.63) is 81.4 Å². The minimum atomic E-state index is -0.658. The first-order chi connectivity index (χ1) is 16.8. The molecule has 2 saturated carbocycles. The Morgan fingerprint density at radius 1 is 0.886 bits per heavy atom. The summed E-state index contributed by atoms with van der Waals surface area (Å²) in [6.07, 6.45) is 5.17. The topological polar surface area (TPSA) is 74.8 Å². The number of rotatable bonds is 5. The van der Waals surface area contributed by atoms with Crippen LogP contribution in [0.15, 0.2) is 54.6 Å². The van der Waals surface area contributed by atoms with Crippen LogP contribution in [0.5, 0.6) is 0 Å². The van der Waals surface area contributed by atoms with E-state index in [9.17, 15) is 19.2 Å². The van der Waals surface area contributed by atoms with Crippen LogP contribution in [-0.4, -0.2) is 40.1 Å². The number of benzene rings is 2. The van der Waals surface area contributed by atoms with Crippen molar-refractivity contribution >= 4 is 46.7 Å². The largest absolute Gasteiger partial charge is 0.292 e. The van der Waals surface area contributed by atoms with Gasteiger partial charge >= 0.3 is 0 Å². The van der Waals surface area contributed by atoms with Crippen LogP contribution in [0.3, 0.4) is 0 Å². The van der Waals surface area contributed by atoms with E-state index >= 15 is 0 Å². The highest BCUT2D eigenvalue weighted by molar-refractivity contribution is 6.42. The van der Waals surface area contributed by atoms with Crippen molar-refractivity contribution in [3.8, 4) is 0 Å². The number of amides is 3. The van der Waals surface area contributed by atoms with Crippen LogP contribution in [0.4, 0.5) is 0 Å². The number of hydrogen-bond donors (Lipinski definition) is 0. The van der Waals surface area contributed by atoms with E-state index < -0.39 is 36.1 Å². The number of carbonyl (C=O) groups excluding carboxylic acids is 4. The Morgan fingerprint density at radius 2 is 1.46 bits per heavy atom. The van der Waals surface area contributed by atoms with Crippen LogP contribution in [0, 0.1) is 42.4 Å². The Kier molecular flexibility index (Phi) is 5.17. The first kappa shape index (κ1) is 22.5. The van der Waals surface area contributed by atoms with E-state index in [0.29, 0.717) is 17.4 Å². The van der Waals surface area contributed by atoms with Gasteiger partial charge in [0.1, 0.15) is 6.54 Å². The third-order valence-corrected chi connectivity index (χ3v) is 8.69. The smallest absolute Gasteiger partial charge is 0.273 e. The van der Waals surface area contributed by atoms with Crippen molar-refractivity contribution in [1.82, 2.24) is 10.0 Å². The number of hydrazine groups is 1. The van der Waals surface area contributed by atoms with Gasteiger partial charge in [-0.15, -0.1) is 0 Å². The molecule has 6 atom stereocenters. The SMILES string of the molecule is Cc1ccc(C(=O)CN(C(=O)c2ccc(Cl)c(Cl)c2)N2C(=O)[C@H]3[C@@H]4C=C[C@@H]([C@H]5C[C@H]45)[C@@H]3C2=O)cc1. The molecule has 3 fully saturated rings. The summed E-state index contributed by atoms with van der Waals surface area (Å²) >= 11 is 12.2. The van der Waals surface area contributed by atoms with Gasteiger partial charge in [0.05, 0.1) is 21.9 Å². The fourth-order valence-electron chi connectivity index (χ4n) is 6.16. The van der Waals surface area contributed by atoms with E-state index in [1.54, 1.807) is 24.3 Å². The van der Waals surface area contributed by atoms with Crippen molar-refractivity contribution in [1.29, 1.82) is 0 Å². The van der Waals surface area contributed by atoms with E-state index in [2.05, 4.69) is 12.2 Å². The van der Waals surface area contributed by atoms with Gasteiger partial charge in [-0.25, -0.2) is 5.01 Å². The van der Waals surface area contributed by atoms with Crippen molar-refractivity contribution in [2.45, 2.75) is 13.3 Å². The Labute approximate surface area is 212 Å². The van der Waals surface area contributed by atoms with Crippen molar-refractivity contribution in [2.24, 2.45) is 35.5 Å². The highest BCUT2D eigenvalue weighted by Crippen LogP contribution is 2.65. The number of hydrogen-bond acceptors (Lipinski definition) is 4. The molecule has 4 aliphatic carbocycles. The number of nitrogens with zero attached hydrogens (tertiary/aromatic N) is 2. The number of imide groups is 1. The normalized spacial score (nSPS) is 29.7. The summed E-state index contributed by atoms with van der Waals surface area (Å²) in [4.78, 5) is 54.2. The molecule has 178 valence electrons. The van der Waals surface area contributed by atoms with Gasteiger partial charge in [0, 0.05) is 11.1 Å². The third kappa shape index (κ3) is 3.46. The average molecular weight is 509 g/mol. The highest BCUT2D eigenvalue weighted by atomic mass is 35.5. The molecule has 1 saturated heterocycles. The Balaban J connectivity index is 1.37. The van der Waals surface area contributed by atoms with Gasteiger partial charge in [-0.3, -0.25) is 19.2 Å². The molecule has 0 aromatic heterocycles. The second-order valence-electron chi connectivity index (χ2n) is 9.92. The lowest BCUT2D eigenvalue weighted by Gasteiger charge is -2.37. The minimum absolute atomic E-state index is 0.00572. The number of allylic oxidation sites excluding steroid dienone is 2. The van der Waals surface area contributed by atoms with Gasteiger partial charge in [0.15, 0.2) is 5.78 Å². The van der Waals surface area contributed by atoms with E-state index in [1.807, 2.05) is 6.92 Å². The lowest BCUT2D eigenvalue weighted by Crippen LogP contribution is -2.52. The molecule has 0 spiro atoms. The fourth-order valence-corrected chi connectivity index (χ4v) is 6.46. The van der Waals surface area contributed by atoms with Crippen molar-refractivity contribution in [3.63, 3.8) is 0 Å². The molecule has 2 aromatic rings. The standard InChI is InChI=1S/C27H22Cl2N2O4/c1-13-2-4-14(5-3-13)22(32)12-30(25(33)15-6-9-20(28)21(29)10-15)31-26(34)23-16-7-8-17(19-11-18(16)19)24(23)27(31)35/h2-10,16-19,23-24H,11-12H2,1H3/t16-,17+,18-,19-,23+,24+/m1/s1. The Morgan fingerprint density at radius 3 is 2.03 bits per heavy atom. The predicted molar refractivity (Wildman–Crippen MR) is 130 cm³/mol. The van der Waals surface area contributed by atoms with Gasteiger partial charge in [-0.2, -0.15) is 5.01 Å². The molecule has 0 unspecified atom stereocenters. The molecule has 6 nitrogen and oxygen atoms in total. The van der Waals surface area contributed by atoms with Gasteiger partial charge in [0.25, 0.3) is 17.7 Å². The summed E-state index contributed by atoms with van der Waals surface area (Å²) < 4.78 is 0. The summed E-state index contributed by atoms with van der Waals surface area (Å²) in [5, 5.41) is 2.36. The molecule has 3 amide bonds. The Hall–Kier alpha value is -2.96. The van der Waals surface area contributed by atoms with E-state index in [0.717, 1.165) is 22.0 Å². The molecule has 1 heterocycles. The predicted octanol–water partition coefficient (Wildman–Crippen LogP) is 4.60. The van der Waals surface area contributed by atoms with Crippen molar-refractivity contribution in [2.75, 3.05) is 6.54 Å². The summed E-state index contributed by atoms with van der Waals surface area (Å²) in [5.41, 5.74) is 1.51. The first-order valence-electron chi connectivity index (χ1n) is 11.7. The average Bonchev–Trinajstić information content (AvgIpc) is 3.63. The zero-order valence-corrected chi connectivity index (χ0v) is 20.4. The second-order valence-corrected chi connectivity index (χ2v) is 10.7. The van der Waals surface area contributed by atoms with Gasteiger partial charge in [-0.05, 0) is 55.2 Å². The summed E-state index contributed by atoms with van der Waals surface area (Å²) in [5.74, 6) is -1.96. The Bertz CT molecular complexity index is 1280. The molecule has 7 rings (SSSR count). The zero-order valence-electron chi connectivity index (χ0n) is 18.9. The van der Waals surface area contributed by atoms with Gasteiger partial charge < -0.3 is 0 Å². The number of aryl methyl sites for hydroxylation is 1. The van der Waals surface area contributed by atoms with E-state index in [1.165, 1.54) is 18.2 Å². The first-order valence-corrected chi connectivity index (χ1v) is 12.4. The summed E-state index contributed by atoms with van der Waals surface area (Å²) in [7, 11) is 0. The van der Waals surface area contributed by atoms with E-state index in [-0.39, 0.29) is 33.2 Å². The molecule has 2 aromatic carbocycles. The molecule has 0 N–H and O–H groups in total. The number of carbonyl (C=O) groups is 4. The summed E-state index contributed by atoms with van der Waals surface area (Å²) in [6.45, 7) is 1.46. The number of Topliss-reactive ketones (excluding diaryl/α,β-unsaturated/α-hetero) is 1. The van der Waals surface area contributed by atoms with Crippen LogP contribution in [0.2, 0.25) is 10.0 Å². The molecular formula is C27H22Cl2N2O4. The third-order valence-electron chi connectivity index (χ3n) is 7.95. The monoisotopic (exact) mass is 508 g/mol. The van der Waals surface area contributed by atoms with Gasteiger partial charge in [-0.1, -0.05) is 65.2 Å². The fraction of sp³-hybridized carbons (Fsp3) is 0.333. The maximum absolute atomic E-state index is 13.7. The molecule has 0 radical (unpaired) electrons. The van der Waals surface area contributed by atoms with Gasteiger partial charge in [0.2, 0.25) is 0 Å². The van der Waals surface area contributed by atoms with Crippen LogP contribution in [-0.2, 0) is 9.59 Å².